The first-order valence-electron chi connectivity index (χ1n) is 5.92. The van der Waals surface area contributed by atoms with Crippen LogP contribution in [0.25, 0.3) is 0 Å². The molecule has 1 aromatic carbocycles. The third-order valence-electron chi connectivity index (χ3n) is 2.44. The van der Waals surface area contributed by atoms with Crippen LogP contribution in [0.5, 0.6) is 5.75 Å². The van der Waals surface area contributed by atoms with Crippen molar-refractivity contribution in [3.05, 3.63) is 29.6 Å². The van der Waals surface area contributed by atoms with Crippen LogP contribution in [0.4, 0.5) is 17.6 Å². The summed E-state index contributed by atoms with van der Waals surface area (Å²) >= 11 is 0. The summed E-state index contributed by atoms with van der Waals surface area (Å²) in [6.45, 7) is 6.60. The highest BCUT2D eigenvalue weighted by atomic mass is 19.4. The van der Waals surface area contributed by atoms with Gasteiger partial charge in [-0.3, -0.25) is 0 Å². The van der Waals surface area contributed by atoms with Gasteiger partial charge in [-0.25, -0.2) is 4.39 Å². The SMILES string of the molecule is CCNCC(C)(C)Oc1ccc(F)c(C(F)(F)F)c1. The fourth-order valence-electron chi connectivity index (χ4n) is 1.57. The van der Waals surface area contributed by atoms with Gasteiger partial charge in [-0.2, -0.15) is 13.2 Å². The maximum Gasteiger partial charge on any atom is 0.419 e. The van der Waals surface area contributed by atoms with E-state index in [1.165, 1.54) is 6.07 Å². The number of likely N-dealkylation sites (N-methyl/N-ethyl adjacent to an activating group) is 1. The number of alkyl halides is 3. The molecule has 0 aromatic heterocycles. The van der Waals surface area contributed by atoms with E-state index in [0.717, 1.165) is 12.6 Å². The predicted octanol–water partition coefficient (Wildman–Crippen LogP) is 3.61. The first kappa shape index (κ1) is 15.8. The summed E-state index contributed by atoms with van der Waals surface area (Å²) in [4.78, 5) is 0. The average Bonchev–Trinajstić information content (AvgIpc) is 2.27. The van der Waals surface area contributed by atoms with Crippen LogP contribution in [0, 0.1) is 5.82 Å². The molecule has 0 spiro atoms. The van der Waals surface area contributed by atoms with Gasteiger partial charge in [-0.15, -0.1) is 0 Å². The molecule has 108 valence electrons. The lowest BCUT2D eigenvalue weighted by atomic mass is 10.1. The van der Waals surface area contributed by atoms with Gasteiger partial charge in [0.25, 0.3) is 0 Å². The first-order valence-corrected chi connectivity index (χ1v) is 5.92. The molecule has 0 radical (unpaired) electrons. The summed E-state index contributed by atoms with van der Waals surface area (Å²) in [6, 6.07) is 2.64. The van der Waals surface area contributed by atoms with Crippen molar-refractivity contribution in [1.82, 2.24) is 5.32 Å². The maximum atomic E-state index is 13.1. The molecule has 0 aliphatic carbocycles. The van der Waals surface area contributed by atoms with Crippen LogP contribution in [0.3, 0.4) is 0 Å². The minimum Gasteiger partial charge on any atom is -0.487 e. The molecule has 0 saturated heterocycles. The Hall–Kier alpha value is -1.30. The molecule has 19 heavy (non-hydrogen) atoms. The minimum absolute atomic E-state index is 0.00312. The molecule has 2 nitrogen and oxygen atoms in total. The van der Waals surface area contributed by atoms with Crippen molar-refractivity contribution in [1.29, 1.82) is 0 Å². The molecule has 0 atom stereocenters. The summed E-state index contributed by atoms with van der Waals surface area (Å²) in [7, 11) is 0. The zero-order chi connectivity index (χ0) is 14.7. The third kappa shape index (κ3) is 4.70. The fraction of sp³-hybridized carbons (Fsp3) is 0.538. The third-order valence-corrected chi connectivity index (χ3v) is 2.44. The zero-order valence-electron chi connectivity index (χ0n) is 11.1. The largest absolute Gasteiger partial charge is 0.487 e. The highest BCUT2D eigenvalue weighted by molar-refractivity contribution is 5.32. The van der Waals surface area contributed by atoms with Crippen LogP contribution in [0.15, 0.2) is 18.2 Å². The highest BCUT2D eigenvalue weighted by Gasteiger charge is 2.34. The van der Waals surface area contributed by atoms with Crippen molar-refractivity contribution in [2.24, 2.45) is 0 Å². The number of nitrogens with one attached hydrogen (secondary N) is 1. The summed E-state index contributed by atoms with van der Waals surface area (Å²) in [5.74, 6) is -1.30. The van der Waals surface area contributed by atoms with Gasteiger partial charge < -0.3 is 10.1 Å². The summed E-state index contributed by atoms with van der Waals surface area (Å²) in [6.07, 6.45) is -4.73. The maximum absolute atomic E-state index is 13.1. The van der Waals surface area contributed by atoms with Crippen molar-refractivity contribution in [2.45, 2.75) is 32.5 Å². The lowest BCUT2D eigenvalue weighted by Gasteiger charge is -2.27. The second-order valence-electron chi connectivity index (χ2n) is 4.78. The Kier molecular flexibility index (Phi) is 4.79. The smallest absolute Gasteiger partial charge is 0.419 e. The van der Waals surface area contributed by atoms with Crippen molar-refractivity contribution in [3.8, 4) is 5.75 Å². The standard InChI is InChI=1S/C13H17F4NO/c1-4-18-8-12(2,3)19-9-5-6-11(14)10(7-9)13(15,16)17/h5-7,18H,4,8H2,1-3H3. The van der Waals surface area contributed by atoms with E-state index >= 15 is 0 Å². The van der Waals surface area contributed by atoms with Crippen LogP contribution in [-0.4, -0.2) is 18.7 Å². The number of hydrogen-bond acceptors (Lipinski definition) is 2. The molecule has 0 saturated carbocycles. The van der Waals surface area contributed by atoms with Gasteiger partial charge in [0.1, 0.15) is 17.2 Å². The first-order chi connectivity index (χ1) is 8.65. The number of halogens is 4. The monoisotopic (exact) mass is 279 g/mol. The molecule has 0 fully saturated rings. The van der Waals surface area contributed by atoms with Crippen LogP contribution < -0.4 is 10.1 Å². The molecule has 0 aliphatic rings. The van der Waals surface area contributed by atoms with Crippen LogP contribution in [0.2, 0.25) is 0 Å². The van der Waals surface area contributed by atoms with Crippen molar-refractivity contribution in [2.75, 3.05) is 13.1 Å². The van der Waals surface area contributed by atoms with E-state index in [0.29, 0.717) is 12.6 Å². The normalized spacial score (nSPS) is 12.6. The lowest BCUT2D eigenvalue weighted by molar-refractivity contribution is -0.140. The van der Waals surface area contributed by atoms with Gasteiger partial charge >= 0.3 is 6.18 Å². The highest BCUT2D eigenvalue weighted by Crippen LogP contribution is 2.34. The second-order valence-corrected chi connectivity index (χ2v) is 4.78. The van der Waals surface area contributed by atoms with E-state index < -0.39 is 23.2 Å². The Morgan fingerprint density at radius 2 is 1.84 bits per heavy atom. The Labute approximate surface area is 109 Å². The summed E-state index contributed by atoms with van der Waals surface area (Å²) in [5.41, 5.74) is -2.00. The van der Waals surface area contributed by atoms with Gasteiger partial charge in [0, 0.05) is 6.54 Å². The van der Waals surface area contributed by atoms with Crippen LogP contribution in [0.1, 0.15) is 26.3 Å². The molecule has 0 heterocycles. The van der Waals surface area contributed by atoms with Crippen LogP contribution >= 0.6 is 0 Å². The van der Waals surface area contributed by atoms with E-state index in [1.54, 1.807) is 13.8 Å². The minimum atomic E-state index is -4.73. The number of benzene rings is 1. The van der Waals surface area contributed by atoms with Crippen LogP contribution in [-0.2, 0) is 6.18 Å². The molecule has 0 bridgehead atoms. The fourth-order valence-corrected chi connectivity index (χ4v) is 1.57. The van der Waals surface area contributed by atoms with E-state index in [9.17, 15) is 17.6 Å². The van der Waals surface area contributed by atoms with Gasteiger partial charge in [0.05, 0.1) is 5.56 Å². The van der Waals surface area contributed by atoms with Crippen molar-refractivity contribution < 1.29 is 22.3 Å². The second kappa shape index (κ2) is 5.77. The zero-order valence-corrected chi connectivity index (χ0v) is 11.1. The topological polar surface area (TPSA) is 21.3 Å². The Balaban J connectivity index is 2.91. The van der Waals surface area contributed by atoms with Gasteiger partial charge in [-0.1, -0.05) is 6.92 Å². The Bertz CT molecular complexity index is 429. The average molecular weight is 279 g/mol. The van der Waals surface area contributed by atoms with E-state index in [2.05, 4.69) is 5.32 Å². The predicted molar refractivity (Wildman–Crippen MR) is 64.7 cm³/mol. The van der Waals surface area contributed by atoms with Gasteiger partial charge in [0.2, 0.25) is 0 Å². The molecular weight excluding hydrogens is 262 g/mol. The number of hydrogen-bond donors (Lipinski definition) is 1. The lowest BCUT2D eigenvalue weighted by Crippen LogP contribution is -2.40. The Morgan fingerprint density at radius 3 is 2.37 bits per heavy atom. The number of ether oxygens (including phenoxy) is 1. The number of rotatable bonds is 5. The summed E-state index contributed by atoms with van der Waals surface area (Å²) in [5, 5.41) is 3.04. The molecule has 1 N–H and O–H groups in total. The van der Waals surface area contributed by atoms with E-state index in [4.69, 9.17) is 4.74 Å². The molecule has 0 aliphatic heterocycles. The summed E-state index contributed by atoms with van der Waals surface area (Å²) < 4.78 is 56.2. The molecule has 1 aromatic rings. The quantitative estimate of drug-likeness (QED) is 0.831. The van der Waals surface area contributed by atoms with E-state index in [-0.39, 0.29) is 5.75 Å². The molecule has 0 amide bonds. The molecular formula is C13H17F4NO. The Morgan fingerprint density at radius 1 is 1.21 bits per heavy atom. The van der Waals surface area contributed by atoms with Crippen molar-refractivity contribution in [3.63, 3.8) is 0 Å². The van der Waals surface area contributed by atoms with Crippen molar-refractivity contribution >= 4 is 0 Å². The molecule has 6 heteroatoms. The van der Waals surface area contributed by atoms with Gasteiger partial charge in [-0.05, 0) is 38.6 Å². The van der Waals surface area contributed by atoms with Gasteiger partial charge in [0.15, 0.2) is 0 Å². The van der Waals surface area contributed by atoms with E-state index in [1.807, 2.05) is 6.92 Å². The molecule has 1 rings (SSSR count). The molecule has 0 unspecified atom stereocenters.